The van der Waals surface area contributed by atoms with Gasteiger partial charge in [0.1, 0.15) is 17.2 Å². The third-order valence-corrected chi connectivity index (χ3v) is 4.08. The first-order chi connectivity index (χ1) is 13.1. The quantitative estimate of drug-likeness (QED) is 0.642. The van der Waals surface area contributed by atoms with Crippen LogP contribution in [0.4, 0.5) is 17.1 Å². The van der Waals surface area contributed by atoms with Gasteiger partial charge in [0.2, 0.25) is 0 Å². The smallest absolute Gasteiger partial charge is 0.274 e. The Morgan fingerprint density at radius 3 is 2.22 bits per heavy atom. The van der Waals surface area contributed by atoms with Crippen molar-refractivity contribution in [3.8, 4) is 11.5 Å². The van der Waals surface area contributed by atoms with Crippen molar-refractivity contribution in [1.29, 1.82) is 0 Å². The lowest BCUT2D eigenvalue weighted by Crippen LogP contribution is -2.13. The van der Waals surface area contributed by atoms with Crippen molar-refractivity contribution < 1.29 is 14.3 Å². The molecule has 3 rings (SSSR count). The number of nitrogens with zero attached hydrogens (tertiary/aromatic N) is 1. The van der Waals surface area contributed by atoms with Gasteiger partial charge in [-0.25, -0.2) is 4.98 Å². The Labute approximate surface area is 162 Å². The van der Waals surface area contributed by atoms with Gasteiger partial charge in [-0.05, 0) is 54.6 Å². The highest BCUT2D eigenvalue weighted by Crippen LogP contribution is 2.28. The van der Waals surface area contributed by atoms with Crippen LogP contribution in [0.2, 0.25) is 5.02 Å². The lowest BCUT2D eigenvalue weighted by Gasteiger charge is -2.10. The van der Waals surface area contributed by atoms with E-state index in [1.54, 1.807) is 68.9 Å². The second-order valence-corrected chi connectivity index (χ2v) is 6.00. The Hall–Kier alpha value is -3.25. The monoisotopic (exact) mass is 383 g/mol. The van der Waals surface area contributed by atoms with Gasteiger partial charge in [0.25, 0.3) is 5.91 Å². The predicted octanol–water partition coefficient (Wildman–Crippen LogP) is 4.75. The molecule has 0 saturated carbocycles. The summed E-state index contributed by atoms with van der Waals surface area (Å²) in [6, 6.07) is 15.9. The van der Waals surface area contributed by atoms with Crippen molar-refractivity contribution in [1.82, 2.24) is 4.98 Å². The van der Waals surface area contributed by atoms with Crippen molar-refractivity contribution in [3.05, 3.63) is 71.5 Å². The van der Waals surface area contributed by atoms with Crippen LogP contribution in [0.1, 0.15) is 10.5 Å². The van der Waals surface area contributed by atoms with E-state index in [0.29, 0.717) is 22.2 Å². The molecule has 6 nitrogen and oxygen atoms in total. The Kier molecular flexibility index (Phi) is 5.78. The van der Waals surface area contributed by atoms with E-state index in [2.05, 4.69) is 15.6 Å². The normalized spacial score (nSPS) is 10.2. The highest BCUT2D eigenvalue weighted by Gasteiger charge is 2.08. The Bertz CT molecular complexity index is 928. The van der Waals surface area contributed by atoms with Gasteiger partial charge in [0, 0.05) is 11.4 Å². The number of halogens is 1. The number of carbonyl (C=O) groups is 1. The van der Waals surface area contributed by atoms with Crippen LogP contribution in [0.25, 0.3) is 0 Å². The summed E-state index contributed by atoms with van der Waals surface area (Å²) in [5.41, 5.74) is 2.50. The molecule has 2 N–H and O–H groups in total. The SMILES string of the molecule is COc1ccc(NC(=O)c2ccc(Nc3ccc(OC)c(Cl)c3)cn2)cc1. The van der Waals surface area contributed by atoms with Gasteiger partial charge in [-0.3, -0.25) is 4.79 Å². The number of pyridine rings is 1. The maximum Gasteiger partial charge on any atom is 0.274 e. The molecule has 0 atom stereocenters. The maximum absolute atomic E-state index is 12.3. The first-order valence-electron chi connectivity index (χ1n) is 8.11. The van der Waals surface area contributed by atoms with E-state index in [4.69, 9.17) is 21.1 Å². The third kappa shape index (κ3) is 4.68. The molecule has 0 radical (unpaired) electrons. The molecule has 0 aliphatic rings. The molecular formula is C20H18ClN3O3. The molecule has 2 aromatic carbocycles. The molecule has 3 aromatic rings. The average molecular weight is 384 g/mol. The van der Waals surface area contributed by atoms with Crippen molar-refractivity contribution in [3.63, 3.8) is 0 Å². The van der Waals surface area contributed by atoms with E-state index in [-0.39, 0.29) is 5.91 Å². The van der Waals surface area contributed by atoms with Gasteiger partial charge < -0.3 is 20.1 Å². The first kappa shape index (κ1) is 18.5. The molecule has 0 fully saturated rings. The van der Waals surface area contributed by atoms with Gasteiger partial charge in [-0.1, -0.05) is 11.6 Å². The van der Waals surface area contributed by atoms with E-state index in [1.807, 2.05) is 6.07 Å². The number of nitrogens with one attached hydrogen (secondary N) is 2. The van der Waals surface area contributed by atoms with E-state index >= 15 is 0 Å². The number of hydrogen-bond acceptors (Lipinski definition) is 5. The fourth-order valence-electron chi connectivity index (χ4n) is 2.38. The molecule has 7 heteroatoms. The summed E-state index contributed by atoms with van der Waals surface area (Å²) in [5, 5.41) is 6.47. The molecule has 0 spiro atoms. The summed E-state index contributed by atoms with van der Waals surface area (Å²) in [7, 11) is 3.15. The van der Waals surface area contributed by atoms with E-state index in [0.717, 1.165) is 17.1 Å². The van der Waals surface area contributed by atoms with Crippen LogP contribution in [0.5, 0.6) is 11.5 Å². The zero-order valence-corrected chi connectivity index (χ0v) is 15.6. The van der Waals surface area contributed by atoms with E-state index < -0.39 is 0 Å². The van der Waals surface area contributed by atoms with Crippen LogP contribution in [0.15, 0.2) is 60.8 Å². The van der Waals surface area contributed by atoms with Crippen LogP contribution in [-0.2, 0) is 0 Å². The van der Waals surface area contributed by atoms with Crippen LogP contribution in [-0.4, -0.2) is 25.1 Å². The highest BCUT2D eigenvalue weighted by atomic mass is 35.5. The van der Waals surface area contributed by atoms with Gasteiger partial charge >= 0.3 is 0 Å². The summed E-state index contributed by atoms with van der Waals surface area (Å²) in [6.45, 7) is 0. The number of benzene rings is 2. The molecule has 27 heavy (non-hydrogen) atoms. The standard InChI is InChI=1S/C20H18ClN3O3/c1-26-16-7-3-13(4-8-16)24-20(25)18-9-5-15(12-22-18)23-14-6-10-19(27-2)17(21)11-14/h3-12,23H,1-2H3,(H,24,25). The van der Waals surface area contributed by atoms with Gasteiger partial charge in [-0.15, -0.1) is 0 Å². The highest BCUT2D eigenvalue weighted by molar-refractivity contribution is 6.32. The van der Waals surface area contributed by atoms with E-state index in [9.17, 15) is 4.79 Å². The van der Waals surface area contributed by atoms with Crippen LogP contribution < -0.4 is 20.1 Å². The molecule has 1 heterocycles. The number of aromatic nitrogens is 1. The Morgan fingerprint density at radius 2 is 1.63 bits per heavy atom. The molecular weight excluding hydrogens is 366 g/mol. The fraction of sp³-hybridized carbons (Fsp3) is 0.100. The number of amides is 1. The summed E-state index contributed by atoms with van der Waals surface area (Å²) in [4.78, 5) is 16.5. The minimum Gasteiger partial charge on any atom is -0.497 e. The first-order valence-corrected chi connectivity index (χ1v) is 8.49. The zero-order valence-electron chi connectivity index (χ0n) is 14.8. The molecule has 0 saturated heterocycles. The van der Waals surface area contributed by atoms with E-state index in [1.165, 1.54) is 0 Å². The maximum atomic E-state index is 12.3. The van der Waals surface area contributed by atoms with Crippen LogP contribution in [0.3, 0.4) is 0 Å². The molecule has 138 valence electrons. The van der Waals surface area contributed by atoms with Crippen molar-refractivity contribution in [2.24, 2.45) is 0 Å². The summed E-state index contributed by atoms with van der Waals surface area (Å²) < 4.78 is 10.2. The van der Waals surface area contributed by atoms with Crippen molar-refractivity contribution in [2.75, 3.05) is 24.9 Å². The number of anilines is 3. The van der Waals surface area contributed by atoms with Gasteiger partial charge in [0.15, 0.2) is 0 Å². The summed E-state index contributed by atoms with van der Waals surface area (Å²) in [6.07, 6.45) is 1.58. The van der Waals surface area contributed by atoms with Gasteiger partial charge in [0.05, 0.1) is 31.1 Å². The Morgan fingerprint density at radius 1 is 0.926 bits per heavy atom. The molecule has 0 unspecified atom stereocenters. The minimum absolute atomic E-state index is 0.292. The topological polar surface area (TPSA) is 72.5 Å². The number of hydrogen-bond donors (Lipinski definition) is 2. The number of ether oxygens (including phenoxy) is 2. The molecule has 0 bridgehead atoms. The number of methoxy groups -OCH3 is 2. The third-order valence-electron chi connectivity index (χ3n) is 3.78. The average Bonchev–Trinajstić information content (AvgIpc) is 2.69. The Balaban J connectivity index is 1.65. The van der Waals surface area contributed by atoms with Crippen molar-refractivity contribution in [2.45, 2.75) is 0 Å². The second-order valence-electron chi connectivity index (χ2n) is 5.59. The molecule has 1 amide bonds. The van der Waals surface area contributed by atoms with Crippen LogP contribution >= 0.6 is 11.6 Å². The minimum atomic E-state index is -0.292. The summed E-state index contributed by atoms with van der Waals surface area (Å²) in [5.74, 6) is 1.03. The molecule has 0 aliphatic heterocycles. The lowest BCUT2D eigenvalue weighted by atomic mass is 10.2. The van der Waals surface area contributed by atoms with Crippen LogP contribution in [0, 0.1) is 0 Å². The van der Waals surface area contributed by atoms with Crippen molar-refractivity contribution >= 4 is 34.6 Å². The molecule has 1 aromatic heterocycles. The largest absolute Gasteiger partial charge is 0.497 e. The predicted molar refractivity (Wildman–Crippen MR) is 106 cm³/mol. The zero-order chi connectivity index (χ0) is 19.2. The summed E-state index contributed by atoms with van der Waals surface area (Å²) >= 11 is 6.12. The van der Waals surface area contributed by atoms with Gasteiger partial charge in [-0.2, -0.15) is 0 Å². The number of carbonyl (C=O) groups excluding carboxylic acids is 1. The lowest BCUT2D eigenvalue weighted by molar-refractivity contribution is 0.102. The number of rotatable bonds is 6. The second kappa shape index (κ2) is 8.42. The molecule has 0 aliphatic carbocycles. The fourth-order valence-corrected chi connectivity index (χ4v) is 2.64.